The zero-order valence-electron chi connectivity index (χ0n) is 10.6. The van der Waals surface area contributed by atoms with Gasteiger partial charge in [-0.3, -0.25) is 0 Å². The molecule has 1 aliphatic rings. The van der Waals surface area contributed by atoms with Crippen molar-refractivity contribution in [2.75, 3.05) is 6.79 Å². The number of rotatable bonds is 0. The summed E-state index contributed by atoms with van der Waals surface area (Å²) in [5, 5.41) is 0. The number of fused-ring (bicyclic) bond motifs is 3. The molecular formula is C13H16N2O2. The number of benzene rings is 1. The number of aryl methyl sites for hydroxylation is 2. The van der Waals surface area contributed by atoms with E-state index < -0.39 is 0 Å². The topological polar surface area (TPSA) is 44.2 Å². The van der Waals surface area contributed by atoms with Crippen LogP contribution in [0.2, 0.25) is 0 Å². The van der Waals surface area contributed by atoms with E-state index >= 15 is 0 Å². The van der Waals surface area contributed by atoms with Crippen LogP contribution >= 0.6 is 0 Å². The zero-order valence-corrected chi connectivity index (χ0v) is 10.6. The lowest BCUT2D eigenvalue weighted by Crippen LogP contribution is -1.95. The van der Waals surface area contributed by atoms with Gasteiger partial charge in [0.1, 0.15) is 5.52 Å². The van der Waals surface area contributed by atoms with Crippen LogP contribution in [0.4, 0.5) is 0 Å². The summed E-state index contributed by atoms with van der Waals surface area (Å²) in [5.41, 5.74) is 3.50. The summed E-state index contributed by atoms with van der Waals surface area (Å²) in [5.74, 6) is 1.46. The molecule has 4 nitrogen and oxygen atoms in total. The molecule has 2 heterocycles. The van der Waals surface area contributed by atoms with E-state index in [0.29, 0.717) is 5.75 Å². The molecule has 2 aromatic rings. The Balaban J connectivity index is 0.000000514. The van der Waals surface area contributed by atoms with Gasteiger partial charge in [0.05, 0.1) is 16.9 Å². The van der Waals surface area contributed by atoms with Gasteiger partial charge in [-0.15, -0.1) is 0 Å². The van der Waals surface area contributed by atoms with E-state index in [-0.39, 0.29) is 6.79 Å². The van der Waals surface area contributed by atoms with Gasteiger partial charge in [-0.1, -0.05) is 13.8 Å². The van der Waals surface area contributed by atoms with Crippen molar-refractivity contribution in [3.8, 4) is 11.5 Å². The summed E-state index contributed by atoms with van der Waals surface area (Å²) in [7, 11) is 0. The molecule has 1 aliphatic heterocycles. The van der Waals surface area contributed by atoms with Gasteiger partial charge in [-0.05, 0) is 26.0 Å². The van der Waals surface area contributed by atoms with Crippen molar-refractivity contribution in [2.24, 2.45) is 0 Å². The van der Waals surface area contributed by atoms with Crippen LogP contribution in [0.3, 0.4) is 0 Å². The van der Waals surface area contributed by atoms with Crippen molar-refractivity contribution in [3.63, 3.8) is 0 Å². The van der Waals surface area contributed by atoms with Crippen molar-refractivity contribution in [1.82, 2.24) is 9.97 Å². The largest absolute Gasteiger partial charge is 0.454 e. The molecule has 0 amide bonds. The highest BCUT2D eigenvalue weighted by molar-refractivity contribution is 5.84. The second kappa shape index (κ2) is 4.57. The van der Waals surface area contributed by atoms with Crippen molar-refractivity contribution < 1.29 is 9.47 Å². The predicted molar refractivity (Wildman–Crippen MR) is 66.5 cm³/mol. The van der Waals surface area contributed by atoms with Crippen LogP contribution in [0.5, 0.6) is 11.5 Å². The van der Waals surface area contributed by atoms with E-state index in [1.54, 1.807) is 0 Å². The van der Waals surface area contributed by atoms with Gasteiger partial charge in [0, 0.05) is 0 Å². The molecular weight excluding hydrogens is 216 g/mol. The van der Waals surface area contributed by atoms with Crippen LogP contribution in [0.25, 0.3) is 11.0 Å². The fraction of sp³-hybridized carbons (Fsp3) is 0.385. The van der Waals surface area contributed by atoms with Crippen LogP contribution in [0.1, 0.15) is 25.2 Å². The molecule has 1 aromatic carbocycles. The van der Waals surface area contributed by atoms with Crippen molar-refractivity contribution >= 4 is 11.0 Å². The Labute approximate surface area is 101 Å². The molecule has 3 rings (SSSR count). The molecule has 0 bridgehead atoms. The summed E-state index contributed by atoms with van der Waals surface area (Å²) in [6, 6.07) is 3.77. The number of hydrogen-bond donors (Lipinski definition) is 0. The second-order valence-corrected chi connectivity index (χ2v) is 3.56. The summed E-state index contributed by atoms with van der Waals surface area (Å²) < 4.78 is 10.7. The molecule has 4 heteroatoms. The lowest BCUT2D eigenvalue weighted by molar-refractivity contribution is 0.174. The smallest absolute Gasteiger partial charge is 0.231 e. The molecule has 1 aromatic heterocycles. The molecule has 17 heavy (non-hydrogen) atoms. The molecule has 0 N–H and O–H groups in total. The summed E-state index contributed by atoms with van der Waals surface area (Å²) in [6.07, 6.45) is 0. The van der Waals surface area contributed by atoms with Gasteiger partial charge in [0.15, 0.2) is 11.5 Å². The highest BCUT2D eigenvalue weighted by Crippen LogP contribution is 2.37. The van der Waals surface area contributed by atoms with Crippen LogP contribution in [-0.2, 0) is 0 Å². The van der Waals surface area contributed by atoms with Gasteiger partial charge in [0.2, 0.25) is 6.79 Å². The van der Waals surface area contributed by atoms with E-state index in [1.807, 2.05) is 39.8 Å². The van der Waals surface area contributed by atoms with Gasteiger partial charge in [-0.2, -0.15) is 0 Å². The monoisotopic (exact) mass is 232 g/mol. The van der Waals surface area contributed by atoms with Crippen molar-refractivity contribution in [2.45, 2.75) is 27.7 Å². The fourth-order valence-corrected chi connectivity index (χ4v) is 1.66. The Bertz CT molecular complexity index is 553. The van der Waals surface area contributed by atoms with Gasteiger partial charge in [-0.25, -0.2) is 9.97 Å². The average Bonchev–Trinajstić information content (AvgIpc) is 2.82. The molecule has 0 saturated heterocycles. The second-order valence-electron chi connectivity index (χ2n) is 3.56. The van der Waals surface area contributed by atoms with E-state index in [4.69, 9.17) is 9.47 Å². The van der Waals surface area contributed by atoms with Gasteiger partial charge >= 0.3 is 0 Å². The summed E-state index contributed by atoms with van der Waals surface area (Å²) >= 11 is 0. The standard InChI is InChI=1S/C11H10N2O2.C2H6/c1-6-7(2)13-10-8(12-6)3-4-9-11(10)15-5-14-9;1-2/h3-4H,5H2,1-2H3;1-2H3. The minimum absolute atomic E-state index is 0.267. The number of hydrogen-bond acceptors (Lipinski definition) is 4. The maximum absolute atomic E-state index is 5.38. The predicted octanol–water partition coefficient (Wildman–Crippen LogP) is 3.00. The van der Waals surface area contributed by atoms with Crippen LogP contribution < -0.4 is 9.47 Å². The Morgan fingerprint density at radius 1 is 1.00 bits per heavy atom. The summed E-state index contributed by atoms with van der Waals surface area (Å²) in [4.78, 5) is 8.93. The molecule has 0 unspecified atom stereocenters. The Morgan fingerprint density at radius 3 is 2.47 bits per heavy atom. The van der Waals surface area contributed by atoms with E-state index in [1.165, 1.54) is 0 Å². The third-order valence-corrected chi connectivity index (χ3v) is 2.58. The molecule has 0 spiro atoms. The van der Waals surface area contributed by atoms with Crippen LogP contribution in [-0.4, -0.2) is 16.8 Å². The number of aromatic nitrogens is 2. The molecule has 0 radical (unpaired) electrons. The minimum atomic E-state index is 0.267. The third kappa shape index (κ3) is 1.90. The first-order valence-corrected chi connectivity index (χ1v) is 5.79. The molecule has 90 valence electrons. The summed E-state index contributed by atoms with van der Waals surface area (Å²) in [6.45, 7) is 8.16. The van der Waals surface area contributed by atoms with Crippen LogP contribution in [0, 0.1) is 13.8 Å². The molecule has 0 saturated carbocycles. The van der Waals surface area contributed by atoms with Crippen LogP contribution in [0.15, 0.2) is 12.1 Å². The SMILES string of the molecule is CC.Cc1nc2ccc3c(c2nc1C)OCO3. The van der Waals surface area contributed by atoms with E-state index in [2.05, 4.69) is 9.97 Å². The highest BCUT2D eigenvalue weighted by Gasteiger charge is 2.18. The Hall–Kier alpha value is -1.84. The molecule has 0 atom stereocenters. The first kappa shape index (κ1) is 11.6. The first-order valence-electron chi connectivity index (χ1n) is 5.79. The van der Waals surface area contributed by atoms with Gasteiger partial charge < -0.3 is 9.47 Å². The Kier molecular flexibility index (Phi) is 3.13. The van der Waals surface area contributed by atoms with Crippen molar-refractivity contribution in [1.29, 1.82) is 0 Å². The average molecular weight is 232 g/mol. The van der Waals surface area contributed by atoms with Gasteiger partial charge in [0.25, 0.3) is 0 Å². The molecule has 0 aliphatic carbocycles. The maximum atomic E-state index is 5.38. The number of ether oxygens (including phenoxy) is 2. The lowest BCUT2D eigenvalue weighted by atomic mass is 10.2. The highest BCUT2D eigenvalue weighted by atomic mass is 16.7. The fourth-order valence-electron chi connectivity index (χ4n) is 1.66. The quantitative estimate of drug-likeness (QED) is 0.700. The normalized spacial score (nSPS) is 12.2. The zero-order chi connectivity index (χ0) is 12.4. The van der Waals surface area contributed by atoms with E-state index in [9.17, 15) is 0 Å². The van der Waals surface area contributed by atoms with Crippen molar-refractivity contribution in [3.05, 3.63) is 23.5 Å². The maximum Gasteiger partial charge on any atom is 0.231 e. The third-order valence-electron chi connectivity index (χ3n) is 2.58. The first-order chi connectivity index (χ1) is 8.25. The minimum Gasteiger partial charge on any atom is -0.454 e. The lowest BCUT2D eigenvalue weighted by Gasteiger charge is -2.04. The Morgan fingerprint density at radius 2 is 1.71 bits per heavy atom. The van der Waals surface area contributed by atoms with E-state index in [0.717, 1.165) is 28.2 Å². The molecule has 0 fully saturated rings. The number of nitrogens with zero attached hydrogens (tertiary/aromatic N) is 2.